The number of rotatable bonds is 16. The van der Waals surface area contributed by atoms with Crippen LogP contribution in [0.3, 0.4) is 0 Å². The summed E-state index contributed by atoms with van der Waals surface area (Å²) >= 11 is 0. The maximum atomic E-state index is 11.8. The Morgan fingerprint density at radius 1 is 0.474 bits per heavy atom. The van der Waals surface area contributed by atoms with E-state index >= 15 is 0 Å². The molecule has 1 N–H and O–H groups in total. The predicted molar refractivity (Wildman–Crippen MR) is 230 cm³/mol. The fourth-order valence-electron chi connectivity index (χ4n) is 6.78. The lowest BCUT2D eigenvalue weighted by molar-refractivity contribution is 0.111. The lowest BCUT2D eigenvalue weighted by Crippen LogP contribution is -2.10. The molecule has 1 unspecified atom stereocenters. The number of aldehydes is 1. The van der Waals surface area contributed by atoms with Gasteiger partial charge < -0.3 is 24.1 Å². The smallest absolute Gasteiger partial charge is 0.154 e. The van der Waals surface area contributed by atoms with Gasteiger partial charge in [0.15, 0.2) is 6.29 Å². The topological polar surface area (TPSA) is 74.2 Å². The normalized spacial score (nSPS) is 11.1. The molecule has 0 amide bonds. The van der Waals surface area contributed by atoms with Crippen LogP contribution in [0.15, 0.2) is 134 Å². The Morgan fingerprint density at radius 3 is 1.16 bits per heavy atom. The Labute approximate surface area is 338 Å². The molecule has 0 saturated heterocycles. The largest absolute Gasteiger partial charge is 0.488 e. The van der Waals surface area contributed by atoms with Crippen LogP contribution in [0.2, 0.25) is 0 Å². The quantitative estimate of drug-likeness (QED) is 0.0782. The van der Waals surface area contributed by atoms with Gasteiger partial charge in [-0.1, -0.05) is 127 Å². The highest BCUT2D eigenvalue weighted by molar-refractivity contribution is 5.85. The second kappa shape index (κ2) is 20.7. The highest BCUT2D eigenvalue weighted by Gasteiger charge is 2.25. The average Bonchev–Trinajstić information content (AvgIpc) is 3.24. The van der Waals surface area contributed by atoms with Gasteiger partial charge in [0.25, 0.3) is 0 Å². The van der Waals surface area contributed by atoms with Crippen molar-refractivity contribution in [3.8, 4) is 23.0 Å². The van der Waals surface area contributed by atoms with Gasteiger partial charge in [0.2, 0.25) is 0 Å². The van der Waals surface area contributed by atoms with Crippen molar-refractivity contribution in [2.45, 2.75) is 80.5 Å². The first-order valence-electron chi connectivity index (χ1n) is 19.3. The van der Waals surface area contributed by atoms with Crippen molar-refractivity contribution in [2.75, 3.05) is 0 Å². The van der Waals surface area contributed by atoms with Crippen molar-refractivity contribution < 1.29 is 28.8 Å². The SMILES string of the molecule is C=CCC(O)c1c(C)c(OCc2ccccc2)c(C)c(C)c1OCc1ccccc1.Cc1c(C)c(OCc2ccccc2)c(C=O)c(C)c1OCc1ccccc1. The molecule has 6 heteroatoms. The van der Waals surface area contributed by atoms with Gasteiger partial charge in [-0.15, -0.1) is 6.58 Å². The summed E-state index contributed by atoms with van der Waals surface area (Å²) in [6.45, 7) is 17.5. The molecule has 0 spiro atoms. The minimum Gasteiger partial charge on any atom is -0.488 e. The number of benzene rings is 6. The van der Waals surface area contributed by atoms with Crippen molar-refractivity contribution in [1.82, 2.24) is 0 Å². The lowest BCUT2D eigenvalue weighted by Gasteiger charge is -2.25. The summed E-state index contributed by atoms with van der Waals surface area (Å²) in [5.41, 5.74) is 11.3. The summed E-state index contributed by atoms with van der Waals surface area (Å²) in [5.74, 6) is 2.93. The molecule has 294 valence electrons. The van der Waals surface area contributed by atoms with Crippen LogP contribution in [-0.4, -0.2) is 11.4 Å². The van der Waals surface area contributed by atoms with E-state index in [1.165, 1.54) is 0 Å². The first-order valence-corrected chi connectivity index (χ1v) is 19.3. The van der Waals surface area contributed by atoms with Crippen molar-refractivity contribution >= 4 is 6.29 Å². The minimum atomic E-state index is -0.702. The van der Waals surface area contributed by atoms with E-state index < -0.39 is 6.10 Å². The van der Waals surface area contributed by atoms with Crippen LogP contribution >= 0.6 is 0 Å². The first-order chi connectivity index (χ1) is 27.6. The minimum absolute atomic E-state index is 0.422. The molecule has 0 fully saturated rings. The standard InChI is InChI=1S/C27H30O3.C24H24O3/c1-5-12-24(28)25-21(4)26(29-17-22-13-8-6-9-14-22)19(2)20(3)27(25)30-18-23-15-10-7-11-16-23;1-17-18(2)24(27-16-21-12-8-5-9-13-21)22(14-25)19(3)23(17)26-15-20-10-6-4-7-11-20/h5-11,13-16,24,28H,1,12,17-18H2,2-4H3;4-14H,15-16H2,1-3H3. The molecule has 57 heavy (non-hydrogen) atoms. The zero-order valence-electron chi connectivity index (χ0n) is 34.0. The molecule has 0 bridgehead atoms. The number of aliphatic hydroxyl groups is 1. The fraction of sp³-hybridized carbons (Fsp3) is 0.235. The Bertz CT molecular complexity index is 2210. The number of hydrogen-bond donors (Lipinski definition) is 1. The number of hydrogen-bond acceptors (Lipinski definition) is 6. The first kappa shape index (κ1) is 42.0. The lowest BCUT2D eigenvalue weighted by atomic mass is 9.92. The molecule has 0 aromatic heterocycles. The summed E-state index contributed by atoms with van der Waals surface area (Å²) in [6.07, 6.45) is 2.33. The molecule has 0 radical (unpaired) electrons. The molecule has 0 heterocycles. The van der Waals surface area contributed by atoms with Crippen LogP contribution < -0.4 is 18.9 Å². The Kier molecular flexibility index (Phi) is 15.3. The van der Waals surface area contributed by atoms with Gasteiger partial charge in [-0.25, -0.2) is 0 Å². The monoisotopic (exact) mass is 762 g/mol. The summed E-state index contributed by atoms with van der Waals surface area (Å²) in [4.78, 5) is 11.8. The van der Waals surface area contributed by atoms with Gasteiger partial charge in [-0.3, -0.25) is 4.79 Å². The van der Waals surface area contributed by atoms with E-state index in [2.05, 4.69) is 6.58 Å². The molecule has 0 aliphatic carbocycles. The van der Waals surface area contributed by atoms with E-state index in [0.717, 1.165) is 84.7 Å². The van der Waals surface area contributed by atoms with E-state index in [1.807, 2.05) is 163 Å². The highest BCUT2D eigenvalue weighted by Crippen LogP contribution is 2.43. The summed E-state index contributed by atoms with van der Waals surface area (Å²) in [7, 11) is 0. The van der Waals surface area contributed by atoms with Crippen LogP contribution in [0, 0.1) is 41.5 Å². The number of ether oxygens (including phenoxy) is 4. The third-order valence-corrected chi connectivity index (χ3v) is 10.2. The van der Waals surface area contributed by atoms with Crippen LogP contribution in [0.1, 0.15) is 84.1 Å². The zero-order valence-corrected chi connectivity index (χ0v) is 34.0. The summed E-state index contributed by atoms with van der Waals surface area (Å²) in [6, 6.07) is 40.1. The van der Waals surface area contributed by atoms with Crippen molar-refractivity contribution in [3.05, 3.63) is 201 Å². The van der Waals surface area contributed by atoms with Crippen molar-refractivity contribution in [3.63, 3.8) is 0 Å². The molecular formula is C51H54O6. The highest BCUT2D eigenvalue weighted by atomic mass is 16.5. The molecule has 0 aliphatic rings. The van der Waals surface area contributed by atoms with E-state index in [9.17, 15) is 9.90 Å². The Balaban J connectivity index is 0.000000219. The maximum absolute atomic E-state index is 11.8. The average molecular weight is 763 g/mol. The second-order valence-electron chi connectivity index (χ2n) is 14.1. The molecule has 6 rings (SSSR count). The molecular weight excluding hydrogens is 709 g/mol. The molecule has 6 nitrogen and oxygen atoms in total. The molecule has 6 aromatic carbocycles. The predicted octanol–water partition coefficient (Wildman–Crippen LogP) is 12.0. The maximum Gasteiger partial charge on any atom is 0.154 e. The van der Waals surface area contributed by atoms with Gasteiger partial charge in [0.05, 0.1) is 11.7 Å². The number of carbonyl (C=O) groups excluding carboxylic acids is 1. The second-order valence-corrected chi connectivity index (χ2v) is 14.1. The Morgan fingerprint density at radius 2 is 0.789 bits per heavy atom. The summed E-state index contributed by atoms with van der Waals surface area (Å²) < 4.78 is 24.6. The zero-order chi connectivity index (χ0) is 40.7. The summed E-state index contributed by atoms with van der Waals surface area (Å²) in [5, 5.41) is 10.9. The van der Waals surface area contributed by atoms with Gasteiger partial charge in [-0.2, -0.15) is 0 Å². The van der Waals surface area contributed by atoms with Crippen LogP contribution in [0.4, 0.5) is 0 Å². The van der Waals surface area contributed by atoms with Gasteiger partial charge in [-0.05, 0) is 92.5 Å². The van der Waals surface area contributed by atoms with Crippen molar-refractivity contribution in [1.29, 1.82) is 0 Å². The fourth-order valence-corrected chi connectivity index (χ4v) is 6.78. The molecule has 0 saturated carbocycles. The van der Waals surface area contributed by atoms with Gasteiger partial charge >= 0.3 is 0 Å². The Hall–Kier alpha value is -6.11. The number of carbonyl (C=O) groups is 1. The molecule has 1 atom stereocenters. The van der Waals surface area contributed by atoms with Gasteiger partial charge in [0, 0.05) is 16.7 Å². The van der Waals surface area contributed by atoms with Crippen molar-refractivity contribution in [2.24, 2.45) is 0 Å². The van der Waals surface area contributed by atoms with Gasteiger partial charge in [0.1, 0.15) is 49.4 Å². The van der Waals surface area contributed by atoms with E-state index in [-0.39, 0.29) is 0 Å². The third kappa shape index (κ3) is 10.8. The van der Waals surface area contributed by atoms with Crippen LogP contribution in [-0.2, 0) is 26.4 Å². The van der Waals surface area contributed by atoms with E-state index in [0.29, 0.717) is 44.2 Å². The van der Waals surface area contributed by atoms with Crippen LogP contribution in [0.5, 0.6) is 23.0 Å². The molecule has 0 aliphatic heterocycles. The van der Waals surface area contributed by atoms with E-state index in [4.69, 9.17) is 18.9 Å². The molecule has 6 aromatic rings. The third-order valence-electron chi connectivity index (χ3n) is 10.2. The van der Waals surface area contributed by atoms with Crippen LogP contribution in [0.25, 0.3) is 0 Å². The number of aliphatic hydroxyl groups excluding tert-OH is 1. The van der Waals surface area contributed by atoms with E-state index in [1.54, 1.807) is 6.08 Å².